The minimum Gasteiger partial charge on any atom is -0.394 e. The number of aliphatic hydroxyl groups is 1. The average Bonchev–Trinajstić information content (AvgIpc) is 1.87. The van der Waals surface area contributed by atoms with Gasteiger partial charge in [-0.2, -0.15) is 0 Å². The molecule has 0 amide bonds. The molecule has 0 atom stereocenters. The third kappa shape index (κ3) is 9.44. The first kappa shape index (κ1) is 10.4. The summed E-state index contributed by atoms with van der Waals surface area (Å²) in [5, 5.41) is 8.06. The second kappa shape index (κ2) is 6.17. The Kier molecular flexibility index (Phi) is 5.86. The van der Waals surface area contributed by atoms with Gasteiger partial charge in [0.1, 0.15) is 0 Å². The average molecular weight is 154 g/mol. The van der Waals surface area contributed by atoms with Gasteiger partial charge in [0.2, 0.25) is 0 Å². The van der Waals surface area contributed by atoms with Crippen LogP contribution in [-0.2, 0) is 0 Å². The molecule has 1 aliphatic rings. The zero-order chi connectivity index (χ0) is 8.69. The zero-order valence-corrected chi connectivity index (χ0v) is 7.67. The lowest BCUT2D eigenvalue weighted by Gasteiger charge is -1.96. The lowest BCUT2D eigenvalue weighted by Crippen LogP contribution is -1.85. The molecule has 0 aromatic rings. The Labute approximate surface area is 69.4 Å². The predicted octanol–water partition coefficient (Wildman–Crippen LogP) is 2.67. The van der Waals surface area contributed by atoms with E-state index < -0.39 is 0 Å². The van der Waals surface area contributed by atoms with E-state index in [0.717, 1.165) is 0 Å². The Hall–Kier alpha value is -0.560. The molecule has 0 unspecified atom stereocenters. The SMILES string of the molecule is CC(C)O.CC1=CCCC=C1. The van der Waals surface area contributed by atoms with Crippen molar-refractivity contribution in [1.82, 2.24) is 0 Å². The van der Waals surface area contributed by atoms with Gasteiger partial charge in [0.05, 0.1) is 0 Å². The topological polar surface area (TPSA) is 20.2 Å². The van der Waals surface area contributed by atoms with E-state index in [9.17, 15) is 0 Å². The van der Waals surface area contributed by atoms with Gasteiger partial charge in [-0.05, 0) is 33.6 Å². The van der Waals surface area contributed by atoms with Crippen molar-refractivity contribution in [2.45, 2.75) is 39.7 Å². The van der Waals surface area contributed by atoms with E-state index in [1.807, 2.05) is 0 Å². The van der Waals surface area contributed by atoms with Gasteiger partial charge in [-0.25, -0.2) is 0 Å². The summed E-state index contributed by atoms with van der Waals surface area (Å²) in [6, 6.07) is 0. The van der Waals surface area contributed by atoms with Crippen molar-refractivity contribution < 1.29 is 5.11 Å². The molecular weight excluding hydrogens is 136 g/mol. The van der Waals surface area contributed by atoms with Gasteiger partial charge < -0.3 is 5.11 Å². The van der Waals surface area contributed by atoms with Crippen LogP contribution < -0.4 is 0 Å². The summed E-state index contributed by atoms with van der Waals surface area (Å²) in [7, 11) is 0. The predicted molar refractivity (Wildman–Crippen MR) is 49.5 cm³/mol. The first-order valence-electron chi connectivity index (χ1n) is 4.14. The van der Waals surface area contributed by atoms with Crippen LogP contribution in [0.4, 0.5) is 0 Å². The molecule has 0 fully saturated rings. The highest BCUT2D eigenvalue weighted by Gasteiger charge is 1.86. The van der Waals surface area contributed by atoms with Crippen molar-refractivity contribution in [3.63, 3.8) is 0 Å². The Morgan fingerprint density at radius 3 is 2.09 bits per heavy atom. The monoisotopic (exact) mass is 154 g/mol. The molecule has 0 spiro atoms. The van der Waals surface area contributed by atoms with Gasteiger partial charge >= 0.3 is 0 Å². The van der Waals surface area contributed by atoms with Crippen LogP contribution in [0.3, 0.4) is 0 Å². The molecule has 1 aliphatic carbocycles. The maximum absolute atomic E-state index is 8.06. The molecule has 1 N–H and O–H groups in total. The normalized spacial score (nSPS) is 15.5. The summed E-state index contributed by atoms with van der Waals surface area (Å²) in [6.45, 7) is 5.58. The van der Waals surface area contributed by atoms with E-state index in [4.69, 9.17) is 5.11 Å². The van der Waals surface area contributed by atoms with Gasteiger partial charge in [-0.1, -0.05) is 23.8 Å². The molecule has 0 saturated heterocycles. The highest BCUT2D eigenvalue weighted by atomic mass is 16.3. The fraction of sp³-hybridized carbons (Fsp3) is 0.600. The van der Waals surface area contributed by atoms with Crippen molar-refractivity contribution >= 4 is 0 Å². The van der Waals surface area contributed by atoms with E-state index in [1.54, 1.807) is 13.8 Å². The van der Waals surface area contributed by atoms with E-state index in [2.05, 4.69) is 25.2 Å². The fourth-order valence-corrected chi connectivity index (χ4v) is 0.744. The number of allylic oxidation sites excluding steroid dienone is 4. The largest absolute Gasteiger partial charge is 0.394 e. The Morgan fingerprint density at radius 2 is 1.91 bits per heavy atom. The zero-order valence-electron chi connectivity index (χ0n) is 7.67. The van der Waals surface area contributed by atoms with E-state index in [1.165, 1.54) is 18.4 Å². The maximum Gasteiger partial charge on any atom is 0.0483 e. The lowest BCUT2D eigenvalue weighted by atomic mass is 10.1. The maximum atomic E-state index is 8.06. The van der Waals surface area contributed by atoms with Crippen molar-refractivity contribution in [2.75, 3.05) is 0 Å². The Morgan fingerprint density at radius 1 is 1.36 bits per heavy atom. The molecule has 0 radical (unpaired) electrons. The number of hydrogen-bond donors (Lipinski definition) is 1. The van der Waals surface area contributed by atoms with Crippen molar-refractivity contribution in [1.29, 1.82) is 0 Å². The molecule has 1 rings (SSSR count). The summed E-state index contributed by atoms with van der Waals surface area (Å²) in [6.07, 6.45) is 8.96. The smallest absolute Gasteiger partial charge is 0.0483 e. The van der Waals surface area contributed by atoms with E-state index in [0.29, 0.717) is 0 Å². The first-order chi connectivity index (χ1) is 5.13. The number of hydrogen-bond acceptors (Lipinski definition) is 1. The minimum absolute atomic E-state index is 0.167. The highest BCUT2D eigenvalue weighted by Crippen LogP contribution is 2.06. The van der Waals surface area contributed by atoms with E-state index in [-0.39, 0.29) is 6.10 Å². The van der Waals surface area contributed by atoms with Crippen LogP contribution in [-0.4, -0.2) is 11.2 Å². The second-order valence-corrected chi connectivity index (χ2v) is 3.02. The van der Waals surface area contributed by atoms with Crippen molar-refractivity contribution in [2.24, 2.45) is 0 Å². The van der Waals surface area contributed by atoms with E-state index >= 15 is 0 Å². The summed E-state index contributed by atoms with van der Waals surface area (Å²) in [5.74, 6) is 0. The molecule has 0 aromatic heterocycles. The molecule has 11 heavy (non-hydrogen) atoms. The molecule has 0 aromatic carbocycles. The molecule has 0 saturated carbocycles. The van der Waals surface area contributed by atoms with Crippen LogP contribution in [0, 0.1) is 0 Å². The van der Waals surface area contributed by atoms with Crippen molar-refractivity contribution in [3.05, 3.63) is 23.8 Å². The van der Waals surface area contributed by atoms with Crippen LogP contribution in [0.5, 0.6) is 0 Å². The molecular formula is C10H18O. The summed E-state index contributed by atoms with van der Waals surface area (Å²) in [5.41, 5.74) is 1.41. The minimum atomic E-state index is -0.167. The summed E-state index contributed by atoms with van der Waals surface area (Å²) < 4.78 is 0. The highest BCUT2D eigenvalue weighted by molar-refractivity contribution is 5.18. The number of aliphatic hydroxyl groups excluding tert-OH is 1. The lowest BCUT2D eigenvalue weighted by molar-refractivity contribution is 0.216. The molecule has 0 bridgehead atoms. The van der Waals surface area contributed by atoms with Gasteiger partial charge in [0.25, 0.3) is 0 Å². The molecule has 1 nitrogen and oxygen atoms in total. The molecule has 0 aliphatic heterocycles. The van der Waals surface area contributed by atoms with Crippen LogP contribution in [0.15, 0.2) is 23.8 Å². The number of rotatable bonds is 0. The standard InChI is InChI=1S/C7H10.C3H8O/c1-7-5-3-2-4-6-7;1-3(2)4/h3,5-6H,2,4H2,1H3;3-4H,1-2H3. The fourth-order valence-electron chi connectivity index (χ4n) is 0.744. The molecule has 1 heteroatoms. The molecule has 64 valence electrons. The second-order valence-electron chi connectivity index (χ2n) is 3.02. The van der Waals surface area contributed by atoms with Gasteiger partial charge in [-0.3, -0.25) is 0 Å². The van der Waals surface area contributed by atoms with Crippen LogP contribution in [0.2, 0.25) is 0 Å². The molecule has 0 heterocycles. The quantitative estimate of drug-likeness (QED) is 0.568. The third-order valence-corrected chi connectivity index (χ3v) is 1.18. The Bertz CT molecular complexity index is 140. The third-order valence-electron chi connectivity index (χ3n) is 1.18. The first-order valence-corrected chi connectivity index (χ1v) is 4.14. The van der Waals surface area contributed by atoms with Crippen LogP contribution >= 0.6 is 0 Å². The van der Waals surface area contributed by atoms with Gasteiger partial charge in [-0.15, -0.1) is 0 Å². The summed E-state index contributed by atoms with van der Waals surface area (Å²) >= 11 is 0. The van der Waals surface area contributed by atoms with Gasteiger partial charge in [0.15, 0.2) is 0 Å². The van der Waals surface area contributed by atoms with Crippen LogP contribution in [0.25, 0.3) is 0 Å². The van der Waals surface area contributed by atoms with Crippen LogP contribution in [0.1, 0.15) is 33.6 Å². The van der Waals surface area contributed by atoms with Crippen molar-refractivity contribution in [3.8, 4) is 0 Å². The van der Waals surface area contributed by atoms with Gasteiger partial charge in [0, 0.05) is 6.10 Å². The summed E-state index contributed by atoms with van der Waals surface area (Å²) in [4.78, 5) is 0. The Balaban J connectivity index is 0.000000218.